The van der Waals surface area contributed by atoms with E-state index in [0.29, 0.717) is 18.4 Å². The maximum atomic E-state index is 12.1. The van der Waals surface area contributed by atoms with Crippen molar-refractivity contribution in [2.45, 2.75) is 26.7 Å². The van der Waals surface area contributed by atoms with E-state index in [1.54, 1.807) is 6.08 Å². The van der Waals surface area contributed by atoms with E-state index in [4.69, 9.17) is 0 Å². The van der Waals surface area contributed by atoms with Crippen molar-refractivity contribution in [3.63, 3.8) is 0 Å². The van der Waals surface area contributed by atoms with Crippen LogP contribution in [0.2, 0.25) is 0 Å². The van der Waals surface area contributed by atoms with Gasteiger partial charge in [-0.1, -0.05) is 26.0 Å². The number of Topliss-reactive ketones (excluding diaryl/α,β-unsaturated/α-hetero) is 2. The van der Waals surface area contributed by atoms with Crippen molar-refractivity contribution in [1.29, 1.82) is 0 Å². The summed E-state index contributed by atoms with van der Waals surface area (Å²) in [6, 6.07) is 7.83. The van der Waals surface area contributed by atoms with Crippen molar-refractivity contribution in [3.8, 4) is 0 Å². The maximum absolute atomic E-state index is 12.1. The first-order valence-corrected chi connectivity index (χ1v) is 6.84. The molecule has 0 unspecified atom stereocenters. The van der Waals surface area contributed by atoms with Crippen molar-refractivity contribution < 1.29 is 9.59 Å². The summed E-state index contributed by atoms with van der Waals surface area (Å²) in [7, 11) is 3.95. The van der Waals surface area contributed by atoms with Gasteiger partial charge in [-0.15, -0.1) is 0 Å². The Labute approximate surface area is 120 Å². The minimum atomic E-state index is -0.208. The van der Waals surface area contributed by atoms with E-state index in [1.165, 1.54) is 0 Å². The molecular formula is C17H21NO2. The Morgan fingerprint density at radius 2 is 1.50 bits per heavy atom. The first kappa shape index (κ1) is 14.5. The van der Waals surface area contributed by atoms with E-state index in [9.17, 15) is 9.59 Å². The third kappa shape index (κ3) is 3.16. The highest BCUT2D eigenvalue weighted by Crippen LogP contribution is 2.34. The summed E-state index contributed by atoms with van der Waals surface area (Å²) in [6.07, 6.45) is 2.61. The van der Waals surface area contributed by atoms with Gasteiger partial charge in [0.2, 0.25) is 0 Å². The van der Waals surface area contributed by atoms with E-state index < -0.39 is 0 Å². The molecule has 1 aromatic carbocycles. The fraction of sp³-hybridized carbons (Fsp3) is 0.412. The molecule has 0 bridgehead atoms. The summed E-state index contributed by atoms with van der Waals surface area (Å²) in [4.78, 5) is 26.2. The molecule has 0 radical (unpaired) electrons. The highest BCUT2D eigenvalue weighted by atomic mass is 16.1. The van der Waals surface area contributed by atoms with Gasteiger partial charge in [0, 0.05) is 32.6 Å². The molecule has 1 aromatic rings. The van der Waals surface area contributed by atoms with Gasteiger partial charge in [0.25, 0.3) is 0 Å². The lowest BCUT2D eigenvalue weighted by atomic mass is 9.74. The quantitative estimate of drug-likeness (QED) is 0.612. The van der Waals surface area contributed by atoms with Gasteiger partial charge in [-0.3, -0.25) is 9.59 Å². The number of rotatable bonds is 2. The molecule has 1 saturated carbocycles. The largest absolute Gasteiger partial charge is 0.378 e. The van der Waals surface area contributed by atoms with Crippen molar-refractivity contribution in [2.75, 3.05) is 19.0 Å². The molecule has 0 heterocycles. The SMILES string of the molecule is CN(C)c1ccc(C=C2C(=O)CC(C)(C)CC2=O)cc1. The van der Waals surface area contributed by atoms with Gasteiger partial charge in [0.15, 0.2) is 11.6 Å². The predicted molar refractivity (Wildman–Crippen MR) is 81.8 cm³/mol. The molecule has 106 valence electrons. The Balaban J connectivity index is 2.26. The van der Waals surface area contributed by atoms with E-state index in [1.807, 2.05) is 57.1 Å². The normalized spacial score (nSPS) is 18.1. The lowest BCUT2D eigenvalue weighted by Gasteiger charge is -2.28. The number of carbonyl (C=O) groups excluding carboxylic acids is 2. The number of carbonyl (C=O) groups is 2. The van der Waals surface area contributed by atoms with Crippen LogP contribution in [0, 0.1) is 5.41 Å². The van der Waals surface area contributed by atoms with Gasteiger partial charge < -0.3 is 4.90 Å². The molecule has 1 aliphatic carbocycles. The van der Waals surface area contributed by atoms with Crippen LogP contribution in [0.4, 0.5) is 5.69 Å². The highest BCUT2D eigenvalue weighted by Gasteiger charge is 2.35. The summed E-state index contributed by atoms with van der Waals surface area (Å²) in [5.74, 6) is -0.0779. The van der Waals surface area contributed by atoms with E-state index in [-0.39, 0.29) is 17.0 Å². The molecule has 3 nitrogen and oxygen atoms in total. The minimum absolute atomic E-state index is 0.0389. The van der Waals surface area contributed by atoms with Crippen LogP contribution in [0.5, 0.6) is 0 Å². The Bertz CT molecular complexity index is 543. The van der Waals surface area contributed by atoms with Crippen LogP contribution in [0.15, 0.2) is 29.8 Å². The second-order valence-electron chi connectivity index (χ2n) is 6.41. The number of allylic oxidation sites excluding steroid dienone is 1. The molecule has 0 spiro atoms. The lowest BCUT2D eigenvalue weighted by Crippen LogP contribution is -2.31. The van der Waals surface area contributed by atoms with Gasteiger partial charge in [-0.05, 0) is 29.2 Å². The molecule has 20 heavy (non-hydrogen) atoms. The van der Waals surface area contributed by atoms with Gasteiger partial charge in [-0.25, -0.2) is 0 Å². The molecule has 0 saturated heterocycles. The monoisotopic (exact) mass is 271 g/mol. The van der Waals surface area contributed by atoms with Gasteiger partial charge >= 0.3 is 0 Å². The summed E-state index contributed by atoms with van der Waals surface area (Å²) < 4.78 is 0. The summed E-state index contributed by atoms with van der Waals surface area (Å²) in [5.41, 5.74) is 2.13. The summed E-state index contributed by atoms with van der Waals surface area (Å²) >= 11 is 0. The molecule has 1 aliphatic rings. The average molecular weight is 271 g/mol. The zero-order valence-electron chi connectivity index (χ0n) is 12.6. The number of hydrogen-bond donors (Lipinski definition) is 0. The topological polar surface area (TPSA) is 37.4 Å². The van der Waals surface area contributed by atoms with Crippen LogP contribution in [0.1, 0.15) is 32.3 Å². The molecule has 0 aliphatic heterocycles. The third-order valence-corrected chi connectivity index (χ3v) is 3.60. The van der Waals surface area contributed by atoms with Gasteiger partial charge in [0.1, 0.15) is 0 Å². The molecule has 1 fully saturated rings. The number of benzene rings is 1. The second-order valence-corrected chi connectivity index (χ2v) is 6.41. The molecule has 0 N–H and O–H groups in total. The number of anilines is 1. The second kappa shape index (κ2) is 5.23. The fourth-order valence-electron chi connectivity index (χ4n) is 2.47. The first-order valence-electron chi connectivity index (χ1n) is 6.84. The standard InChI is InChI=1S/C17H21NO2/c1-17(2)10-15(19)14(16(20)11-17)9-12-5-7-13(8-6-12)18(3)4/h5-9H,10-11H2,1-4H3. The zero-order valence-corrected chi connectivity index (χ0v) is 12.6. The maximum Gasteiger partial charge on any atom is 0.167 e. The molecule has 0 atom stereocenters. The molecule has 3 heteroatoms. The molecule has 2 rings (SSSR count). The minimum Gasteiger partial charge on any atom is -0.378 e. The van der Waals surface area contributed by atoms with Gasteiger partial charge in [-0.2, -0.15) is 0 Å². The fourth-order valence-corrected chi connectivity index (χ4v) is 2.47. The molecular weight excluding hydrogens is 250 g/mol. The van der Waals surface area contributed by atoms with Crippen LogP contribution in [0.3, 0.4) is 0 Å². The van der Waals surface area contributed by atoms with Crippen LogP contribution >= 0.6 is 0 Å². The van der Waals surface area contributed by atoms with Crippen molar-refractivity contribution >= 4 is 23.3 Å². The number of nitrogens with zero attached hydrogens (tertiary/aromatic N) is 1. The third-order valence-electron chi connectivity index (χ3n) is 3.60. The zero-order chi connectivity index (χ0) is 14.9. The van der Waals surface area contributed by atoms with Crippen LogP contribution in [-0.2, 0) is 9.59 Å². The van der Waals surface area contributed by atoms with E-state index in [0.717, 1.165) is 11.3 Å². The summed E-state index contributed by atoms with van der Waals surface area (Å²) in [6.45, 7) is 3.93. The van der Waals surface area contributed by atoms with E-state index in [2.05, 4.69) is 0 Å². The summed E-state index contributed by atoms with van der Waals surface area (Å²) in [5, 5.41) is 0. The molecule has 0 amide bonds. The van der Waals surface area contributed by atoms with Crippen LogP contribution < -0.4 is 4.90 Å². The predicted octanol–water partition coefficient (Wildman–Crippen LogP) is 3.09. The van der Waals surface area contributed by atoms with Crippen molar-refractivity contribution in [3.05, 3.63) is 35.4 Å². The number of ketones is 2. The molecule has 0 aromatic heterocycles. The highest BCUT2D eigenvalue weighted by molar-refractivity contribution is 6.25. The van der Waals surface area contributed by atoms with Crippen LogP contribution in [0.25, 0.3) is 6.08 Å². The Morgan fingerprint density at radius 1 is 1.00 bits per heavy atom. The van der Waals surface area contributed by atoms with Gasteiger partial charge in [0.05, 0.1) is 5.57 Å². The smallest absolute Gasteiger partial charge is 0.167 e. The Morgan fingerprint density at radius 3 is 1.95 bits per heavy atom. The number of hydrogen-bond acceptors (Lipinski definition) is 3. The first-order chi connectivity index (χ1) is 9.28. The van der Waals surface area contributed by atoms with E-state index >= 15 is 0 Å². The Hall–Kier alpha value is -1.90. The van der Waals surface area contributed by atoms with Crippen molar-refractivity contribution in [1.82, 2.24) is 0 Å². The average Bonchev–Trinajstić information content (AvgIpc) is 2.33. The van der Waals surface area contributed by atoms with Crippen LogP contribution in [-0.4, -0.2) is 25.7 Å². The lowest BCUT2D eigenvalue weighted by molar-refractivity contribution is -0.127. The van der Waals surface area contributed by atoms with Crippen molar-refractivity contribution in [2.24, 2.45) is 5.41 Å². The Kier molecular flexibility index (Phi) is 3.80.